The van der Waals surface area contributed by atoms with E-state index in [1.807, 2.05) is 4.40 Å². The van der Waals surface area contributed by atoms with Gasteiger partial charge in [-0.3, -0.25) is 4.40 Å². The van der Waals surface area contributed by atoms with Crippen molar-refractivity contribution in [2.24, 2.45) is 11.8 Å². The number of H-pyrrole nitrogens is 1. The lowest BCUT2D eigenvalue weighted by Crippen LogP contribution is -2.18. The molecule has 2 unspecified atom stereocenters. The highest BCUT2D eigenvalue weighted by atomic mass is 15.2. The van der Waals surface area contributed by atoms with Gasteiger partial charge in [0.25, 0.3) is 0 Å². The van der Waals surface area contributed by atoms with Crippen molar-refractivity contribution in [2.45, 2.75) is 72.6 Å². The van der Waals surface area contributed by atoms with E-state index in [1.165, 1.54) is 63.7 Å². The van der Waals surface area contributed by atoms with E-state index in [4.69, 9.17) is 0 Å². The van der Waals surface area contributed by atoms with Crippen LogP contribution in [0.2, 0.25) is 0 Å². The van der Waals surface area contributed by atoms with Gasteiger partial charge in [0.15, 0.2) is 5.65 Å². The molecule has 0 radical (unpaired) electrons. The molecule has 1 aliphatic carbocycles. The van der Waals surface area contributed by atoms with Crippen LogP contribution in [0.3, 0.4) is 0 Å². The van der Waals surface area contributed by atoms with E-state index in [-0.39, 0.29) is 0 Å². The molecule has 0 bridgehead atoms. The number of benzene rings is 1. The average Bonchev–Trinajstić information content (AvgIpc) is 3.33. The third-order valence-corrected chi connectivity index (χ3v) is 7.50. The smallest absolute Gasteiger partial charge is 0.163 e. The van der Waals surface area contributed by atoms with Crippen molar-refractivity contribution in [1.82, 2.24) is 19.6 Å². The predicted octanol–water partition coefficient (Wildman–Crippen LogP) is 7.16. The summed E-state index contributed by atoms with van der Waals surface area (Å²) < 4.78 is 2.05. The summed E-state index contributed by atoms with van der Waals surface area (Å²) in [5.41, 5.74) is 10.0. The van der Waals surface area contributed by atoms with E-state index in [0.29, 0.717) is 11.8 Å². The maximum absolute atomic E-state index is 4.29. The topological polar surface area (TPSA) is 46.0 Å². The SMILES string of the molecule is Cc1c(-c2[nH]c3ccc(C4CC(C)CC(C)C4)cc3c2C(C)C)cn2cnnc2c1C. The van der Waals surface area contributed by atoms with E-state index in [9.17, 15) is 0 Å². The zero-order chi connectivity index (χ0) is 21.9. The van der Waals surface area contributed by atoms with E-state index < -0.39 is 0 Å². The standard InChI is InChI=1S/C27H34N4/c1-15(2)25-22-12-20(21-10-16(3)9-17(4)11-21)7-8-24(22)29-26(25)23-13-31-14-28-30-27(31)19(6)18(23)5/h7-8,12-17,21,29H,9-11H2,1-6H3. The first kappa shape index (κ1) is 20.3. The molecule has 1 saturated carbocycles. The lowest BCUT2D eigenvalue weighted by Gasteiger charge is -2.31. The normalized spacial score (nSPS) is 22.1. The number of hydrogen-bond donors (Lipinski definition) is 1. The first-order valence-electron chi connectivity index (χ1n) is 11.8. The third-order valence-electron chi connectivity index (χ3n) is 7.50. The number of pyridine rings is 1. The molecule has 0 spiro atoms. The van der Waals surface area contributed by atoms with Gasteiger partial charge in [0.1, 0.15) is 6.33 Å². The fourth-order valence-electron chi connectivity index (χ4n) is 5.98. The Morgan fingerprint density at radius 3 is 2.48 bits per heavy atom. The van der Waals surface area contributed by atoms with Crippen molar-refractivity contribution in [3.63, 3.8) is 0 Å². The Labute approximate surface area is 185 Å². The second-order valence-electron chi connectivity index (χ2n) is 10.3. The second-order valence-corrected chi connectivity index (χ2v) is 10.3. The largest absolute Gasteiger partial charge is 0.354 e. The second kappa shape index (κ2) is 7.51. The molecule has 2 atom stereocenters. The molecule has 3 aromatic heterocycles. The van der Waals surface area contributed by atoms with Crippen LogP contribution >= 0.6 is 0 Å². The Balaban J connectivity index is 1.68. The van der Waals surface area contributed by atoms with Crippen LogP contribution < -0.4 is 0 Å². The lowest BCUT2D eigenvalue weighted by molar-refractivity contribution is 0.268. The Bertz CT molecular complexity index is 1250. The molecule has 1 N–H and O–H groups in total. The molecule has 31 heavy (non-hydrogen) atoms. The molecule has 4 aromatic rings. The number of aromatic amines is 1. The van der Waals surface area contributed by atoms with Crippen LogP contribution in [0.25, 0.3) is 27.8 Å². The highest BCUT2D eigenvalue weighted by Crippen LogP contribution is 2.42. The van der Waals surface area contributed by atoms with E-state index >= 15 is 0 Å². The maximum Gasteiger partial charge on any atom is 0.163 e. The van der Waals surface area contributed by atoms with Gasteiger partial charge in [0, 0.05) is 22.7 Å². The average molecular weight is 415 g/mol. The quantitative estimate of drug-likeness (QED) is 0.387. The lowest BCUT2D eigenvalue weighted by atomic mass is 9.74. The number of aromatic nitrogens is 4. The fourth-order valence-corrected chi connectivity index (χ4v) is 5.98. The molecule has 4 nitrogen and oxygen atoms in total. The van der Waals surface area contributed by atoms with Crippen molar-refractivity contribution in [2.75, 3.05) is 0 Å². The van der Waals surface area contributed by atoms with Gasteiger partial charge in [-0.2, -0.15) is 0 Å². The molecule has 0 amide bonds. The summed E-state index contributed by atoms with van der Waals surface area (Å²) in [7, 11) is 0. The molecule has 1 fully saturated rings. The summed E-state index contributed by atoms with van der Waals surface area (Å²) >= 11 is 0. The predicted molar refractivity (Wildman–Crippen MR) is 129 cm³/mol. The molecular formula is C27H34N4. The van der Waals surface area contributed by atoms with Crippen molar-refractivity contribution in [1.29, 1.82) is 0 Å². The van der Waals surface area contributed by atoms with Crippen molar-refractivity contribution >= 4 is 16.6 Å². The van der Waals surface area contributed by atoms with Gasteiger partial charge in [-0.25, -0.2) is 0 Å². The van der Waals surface area contributed by atoms with E-state index in [1.54, 1.807) is 6.33 Å². The summed E-state index contributed by atoms with van der Waals surface area (Å²) in [6.45, 7) is 13.8. The summed E-state index contributed by atoms with van der Waals surface area (Å²) in [4.78, 5) is 3.78. The van der Waals surface area contributed by atoms with Gasteiger partial charge in [0.05, 0.1) is 5.69 Å². The summed E-state index contributed by atoms with van der Waals surface area (Å²) in [6.07, 6.45) is 7.97. The Kier molecular flexibility index (Phi) is 4.91. The Morgan fingerprint density at radius 2 is 1.77 bits per heavy atom. The van der Waals surface area contributed by atoms with Crippen LogP contribution in [0.5, 0.6) is 0 Å². The van der Waals surface area contributed by atoms with Gasteiger partial charge in [0.2, 0.25) is 0 Å². The molecule has 162 valence electrons. The van der Waals surface area contributed by atoms with Crippen LogP contribution in [0, 0.1) is 25.7 Å². The van der Waals surface area contributed by atoms with Gasteiger partial charge in [-0.15, -0.1) is 10.2 Å². The van der Waals surface area contributed by atoms with Gasteiger partial charge in [-0.05, 0) is 91.2 Å². The minimum atomic E-state index is 0.430. The highest BCUT2D eigenvalue weighted by molar-refractivity contribution is 5.92. The number of hydrogen-bond acceptors (Lipinski definition) is 2. The van der Waals surface area contributed by atoms with Crippen molar-refractivity contribution in [3.8, 4) is 11.3 Å². The molecule has 1 aromatic carbocycles. The zero-order valence-corrected chi connectivity index (χ0v) is 19.7. The minimum absolute atomic E-state index is 0.430. The summed E-state index contributed by atoms with van der Waals surface area (Å²) in [5.74, 6) is 2.74. The number of nitrogens with one attached hydrogen (secondary N) is 1. The van der Waals surface area contributed by atoms with Crippen molar-refractivity contribution < 1.29 is 0 Å². The molecule has 0 saturated heterocycles. The first-order chi connectivity index (χ1) is 14.8. The molecule has 4 heteroatoms. The Morgan fingerprint density at radius 1 is 1.03 bits per heavy atom. The van der Waals surface area contributed by atoms with Crippen LogP contribution in [-0.2, 0) is 0 Å². The van der Waals surface area contributed by atoms with Crippen LogP contribution in [0.4, 0.5) is 0 Å². The van der Waals surface area contributed by atoms with Gasteiger partial charge < -0.3 is 4.98 Å². The monoisotopic (exact) mass is 414 g/mol. The number of fused-ring (bicyclic) bond motifs is 2. The third kappa shape index (κ3) is 3.37. The first-order valence-corrected chi connectivity index (χ1v) is 11.8. The maximum atomic E-state index is 4.29. The number of nitrogens with zero attached hydrogens (tertiary/aromatic N) is 3. The highest BCUT2D eigenvalue weighted by Gasteiger charge is 2.26. The summed E-state index contributed by atoms with van der Waals surface area (Å²) in [6, 6.07) is 7.16. The minimum Gasteiger partial charge on any atom is -0.354 e. The molecular weight excluding hydrogens is 380 g/mol. The van der Waals surface area contributed by atoms with E-state index in [2.05, 4.69) is 81.1 Å². The van der Waals surface area contributed by atoms with Gasteiger partial charge >= 0.3 is 0 Å². The number of rotatable bonds is 3. The van der Waals surface area contributed by atoms with Crippen LogP contribution in [-0.4, -0.2) is 19.6 Å². The Hall–Kier alpha value is -2.62. The van der Waals surface area contributed by atoms with E-state index in [0.717, 1.165) is 17.5 Å². The summed E-state index contributed by atoms with van der Waals surface area (Å²) in [5, 5.41) is 9.79. The molecule has 3 heterocycles. The molecule has 0 aliphatic heterocycles. The van der Waals surface area contributed by atoms with Gasteiger partial charge in [-0.1, -0.05) is 33.8 Å². The van der Waals surface area contributed by atoms with Crippen LogP contribution in [0.1, 0.15) is 81.0 Å². The fraction of sp³-hybridized carbons (Fsp3) is 0.481. The zero-order valence-electron chi connectivity index (χ0n) is 19.7. The molecule has 1 aliphatic rings. The molecule has 5 rings (SSSR count). The number of aryl methyl sites for hydroxylation is 1. The van der Waals surface area contributed by atoms with Crippen LogP contribution in [0.15, 0.2) is 30.7 Å². The van der Waals surface area contributed by atoms with Crippen molar-refractivity contribution in [3.05, 3.63) is 53.0 Å².